The number of aryl methyl sites for hydroxylation is 2. The summed E-state index contributed by atoms with van der Waals surface area (Å²) in [5.74, 6) is 0.787. The van der Waals surface area contributed by atoms with Crippen molar-refractivity contribution in [1.29, 1.82) is 0 Å². The Hall–Kier alpha value is -5.50. The molecule has 0 atom stereocenters. The summed E-state index contributed by atoms with van der Waals surface area (Å²) in [7, 11) is 2.93. The molecule has 0 saturated carbocycles. The van der Waals surface area contributed by atoms with Crippen molar-refractivity contribution >= 4 is 33.0 Å². The number of hydrogen-bond acceptors (Lipinski definition) is 14. The Labute approximate surface area is 267 Å². The molecule has 0 bridgehead atoms. The van der Waals surface area contributed by atoms with E-state index in [1.165, 1.54) is 55.4 Å². The highest BCUT2D eigenvalue weighted by molar-refractivity contribution is 8.76. The van der Waals surface area contributed by atoms with Crippen molar-refractivity contribution in [2.45, 2.75) is 50.1 Å². The topological polar surface area (TPSA) is 209 Å². The molecule has 0 saturated heterocycles. The van der Waals surface area contributed by atoms with Gasteiger partial charge in [-0.05, 0) is 57.0 Å². The maximum Gasteiger partial charge on any atom is 0.269 e. The first-order chi connectivity index (χ1) is 22.3. The van der Waals surface area contributed by atoms with E-state index in [2.05, 4.69) is 41.0 Å². The lowest BCUT2D eigenvalue weighted by Crippen LogP contribution is -2.04. The minimum Gasteiger partial charge on any atom is -0.258 e. The molecule has 0 spiro atoms. The van der Waals surface area contributed by atoms with Crippen molar-refractivity contribution in [1.82, 2.24) is 60.0 Å². The molecule has 18 nitrogen and oxygen atoms in total. The molecule has 6 aromatic rings. The maximum atomic E-state index is 11.0. The van der Waals surface area contributed by atoms with Crippen LogP contribution >= 0.6 is 21.6 Å². The molecule has 4 aromatic heterocycles. The van der Waals surface area contributed by atoms with Crippen molar-refractivity contribution < 1.29 is 9.85 Å². The molecule has 0 N–H and O–H groups in total. The van der Waals surface area contributed by atoms with E-state index in [1.54, 1.807) is 36.7 Å². The summed E-state index contributed by atoms with van der Waals surface area (Å²) in [6, 6.07) is 12.4. The lowest BCUT2D eigenvalue weighted by molar-refractivity contribution is -0.385. The summed E-state index contributed by atoms with van der Waals surface area (Å²) < 4.78 is 3.68. The van der Waals surface area contributed by atoms with Crippen LogP contribution in [0.25, 0.3) is 22.8 Å². The van der Waals surface area contributed by atoms with Crippen molar-refractivity contribution in [3.05, 3.63) is 92.3 Å². The summed E-state index contributed by atoms with van der Waals surface area (Å²) in [5.41, 5.74) is 3.01. The molecule has 4 heterocycles. The molecule has 0 aliphatic carbocycles. The Bertz CT molecular complexity index is 1860. The van der Waals surface area contributed by atoms with Gasteiger partial charge in [-0.25, -0.2) is 0 Å². The fourth-order valence-corrected chi connectivity index (χ4v) is 7.05. The van der Waals surface area contributed by atoms with Crippen LogP contribution in [0.3, 0.4) is 0 Å². The number of tetrazole rings is 2. The predicted octanol–water partition coefficient (Wildman–Crippen LogP) is 4.14. The molecule has 0 fully saturated rings. The number of non-ortho nitro benzene ring substituents is 2. The highest BCUT2D eigenvalue weighted by atomic mass is 33.1. The van der Waals surface area contributed by atoms with Gasteiger partial charge >= 0.3 is 0 Å². The average Bonchev–Trinajstić information content (AvgIpc) is 3.87. The molecule has 46 heavy (non-hydrogen) atoms. The van der Waals surface area contributed by atoms with Gasteiger partial charge in [0.25, 0.3) is 11.4 Å². The number of nitro benzene ring substituents is 2. The van der Waals surface area contributed by atoms with E-state index in [0.717, 1.165) is 21.2 Å². The largest absolute Gasteiger partial charge is 0.269 e. The predicted molar refractivity (Wildman–Crippen MR) is 166 cm³/mol. The number of hydrogen-bond donors (Lipinski definition) is 0. The Morgan fingerprint density at radius 3 is 1.39 bits per heavy atom. The Balaban J connectivity index is 1.20. The smallest absolute Gasteiger partial charge is 0.258 e. The van der Waals surface area contributed by atoms with E-state index >= 15 is 0 Å². The van der Waals surface area contributed by atoms with Crippen molar-refractivity contribution in [3.8, 4) is 22.8 Å². The first kappa shape index (κ1) is 30.5. The zero-order valence-electron chi connectivity index (χ0n) is 24.3. The van der Waals surface area contributed by atoms with Gasteiger partial charge in [0.1, 0.15) is 10.1 Å². The van der Waals surface area contributed by atoms with Crippen LogP contribution in [0.5, 0.6) is 0 Å². The summed E-state index contributed by atoms with van der Waals surface area (Å²) in [4.78, 5) is 23.9. The fraction of sp³-hybridized carbons (Fsp3) is 0.231. The van der Waals surface area contributed by atoms with Crippen molar-refractivity contribution in [3.63, 3.8) is 0 Å². The quantitative estimate of drug-likeness (QED) is 0.0969. The first-order valence-corrected chi connectivity index (χ1v) is 16.0. The normalized spacial score (nSPS) is 11.3. The van der Waals surface area contributed by atoms with Gasteiger partial charge < -0.3 is 0 Å². The third-order valence-electron chi connectivity index (χ3n) is 6.71. The molecule has 2 aromatic carbocycles. The van der Waals surface area contributed by atoms with E-state index in [0.29, 0.717) is 49.0 Å². The summed E-state index contributed by atoms with van der Waals surface area (Å²) in [6.07, 6.45) is 3.39. The number of benzene rings is 2. The van der Waals surface area contributed by atoms with E-state index in [9.17, 15) is 20.2 Å². The van der Waals surface area contributed by atoms with E-state index in [-0.39, 0.29) is 11.4 Å². The third kappa shape index (κ3) is 6.47. The molecule has 0 aliphatic heterocycles. The highest BCUT2D eigenvalue weighted by Crippen LogP contribution is 2.44. The molecule has 0 amide bonds. The van der Waals surface area contributed by atoms with E-state index in [4.69, 9.17) is 0 Å². The fourth-order valence-electron chi connectivity index (χ4n) is 4.37. The molecular weight excluding hydrogens is 637 g/mol. The minimum atomic E-state index is -0.445. The Morgan fingerprint density at radius 2 is 1.04 bits per heavy atom. The van der Waals surface area contributed by atoms with Gasteiger partial charge in [-0.2, -0.15) is 19.8 Å². The second kappa shape index (κ2) is 13.2. The zero-order valence-corrected chi connectivity index (χ0v) is 25.9. The van der Waals surface area contributed by atoms with Crippen LogP contribution in [0, 0.1) is 20.2 Å². The molecule has 6 rings (SSSR count). The maximum absolute atomic E-state index is 11.0. The highest BCUT2D eigenvalue weighted by Gasteiger charge is 2.22. The van der Waals surface area contributed by atoms with Gasteiger partial charge in [-0.3, -0.25) is 29.6 Å². The van der Waals surface area contributed by atoms with Crippen LogP contribution in [0.1, 0.15) is 25.0 Å². The lowest BCUT2D eigenvalue weighted by Gasteiger charge is -2.08. The van der Waals surface area contributed by atoms with Crippen LogP contribution < -0.4 is 0 Å². The Kier molecular flexibility index (Phi) is 8.79. The second-order valence-corrected chi connectivity index (χ2v) is 11.8. The van der Waals surface area contributed by atoms with Gasteiger partial charge in [0.05, 0.1) is 46.5 Å². The number of nitrogens with zero attached hydrogens (tertiary/aromatic N) is 14. The summed E-state index contributed by atoms with van der Waals surface area (Å²) >= 11 is 0. The average molecular weight is 661 g/mol. The van der Waals surface area contributed by atoms with E-state index in [1.807, 2.05) is 23.2 Å². The molecule has 20 heteroatoms. The second-order valence-electron chi connectivity index (χ2n) is 9.66. The monoisotopic (exact) mass is 660 g/mol. The standard InChI is InChI=1S/C26H24N14O4S2/c1-3-35-25(21(13-27-35)23-29-33-37(31-23)15-17-5-9-19(10-6-17)39(41)42)45-46-26-22(14-28-36(26)4-2)24-30-34-38(32-24)16-18-7-11-20(12-8-18)40(43)44/h5-14H,3-4,15-16H2,1-2H3. The van der Waals surface area contributed by atoms with Crippen LogP contribution in [0.2, 0.25) is 0 Å². The summed E-state index contributed by atoms with van der Waals surface area (Å²) in [5, 5.41) is 58.5. The number of rotatable bonds is 13. The Morgan fingerprint density at radius 1 is 0.652 bits per heavy atom. The molecule has 234 valence electrons. The van der Waals surface area contributed by atoms with Crippen LogP contribution in [0.15, 0.2) is 71.0 Å². The third-order valence-corrected chi connectivity index (χ3v) is 9.17. The summed E-state index contributed by atoms with van der Waals surface area (Å²) in [6.45, 7) is 5.77. The van der Waals surface area contributed by atoms with Gasteiger partial charge in [0, 0.05) is 37.4 Å². The van der Waals surface area contributed by atoms with Crippen LogP contribution in [-0.4, -0.2) is 69.8 Å². The first-order valence-electron chi connectivity index (χ1n) is 13.8. The van der Waals surface area contributed by atoms with Crippen molar-refractivity contribution in [2.75, 3.05) is 0 Å². The minimum absolute atomic E-state index is 0.0114. The number of aromatic nitrogens is 12. The molecule has 0 unspecified atom stereocenters. The van der Waals surface area contributed by atoms with Gasteiger partial charge in [-0.15, -0.1) is 20.4 Å². The van der Waals surface area contributed by atoms with Crippen LogP contribution in [-0.2, 0) is 26.2 Å². The SMILES string of the molecule is CCn1ncc(-c2nnn(Cc3ccc([N+](=O)[O-])cc3)n2)c1SSc1c(-c2nnn(Cc3ccc([N+](=O)[O-])cc3)n2)cnn1CC. The lowest BCUT2D eigenvalue weighted by atomic mass is 10.2. The van der Waals surface area contributed by atoms with Gasteiger partial charge in [-0.1, -0.05) is 24.3 Å². The number of nitro groups is 2. The van der Waals surface area contributed by atoms with Gasteiger partial charge in [0.15, 0.2) is 0 Å². The van der Waals surface area contributed by atoms with Crippen LogP contribution in [0.4, 0.5) is 11.4 Å². The molecule has 0 radical (unpaired) electrons. The van der Waals surface area contributed by atoms with Crippen molar-refractivity contribution in [2.24, 2.45) is 0 Å². The molecular formula is C26H24N14O4S2. The zero-order chi connectivity index (χ0) is 32.2. The van der Waals surface area contributed by atoms with E-state index < -0.39 is 9.85 Å². The van der Waals surface area contributed by atoms with Gasteiger partial charge in [0.2, 0.25) is 11.6 Å². The molecule has 0 aliphatic rings.